The molecule has 2 aromatic rings. The van der Waals surface area contributed by atoms with Gasteiger partial charge in [-0.15, -0.1) is 0 Å². The maximum Gasteiger partial charge on any atom is 0.146 e. The summed E-state index contributed by atoms with van der Waals surface area (Å²) in [4.78, 5) is 4.08. The van der Waals surface area contributed by atoms with Gasteiger partial charge in [0, 0.05) is 38.3 Å². The number of aliphatic hydroxyl groups is 1. The lowest BCUT2D eigenvalue weighted by atomic mass is 10.1. The van der Waals surface area contributed by atoms with E-state index in [9.17, 15) is 13.9 Å². The maximum atomic E-state index is 13.8. The molecule has 3 nitrogen and oxygen atoms in total. The highest BCUT2D eigenvalue weighted by atomic mass is 19.1. The van der Waals surface area contributed by atoms with Crippen molar-refractivity contribution in [3.05, 3.63) is 65.7 Å². The third kappa shape index (κ3) is 3.68. The third-order valence-electron chi connectivity index (χ3n) is 4.26. The summed E-state index contributed by atoms with van der Waals surface area (Å²) in [6, 6.07) is 13.0. The molecule has 0 amide bonds. The number of hydrogen-bond donors (Lipinski definition) is 1. The van der Waals surface area contributed by atoms with Crippen molar-refractivity contribution < 1.29 is 13.9 Å². The van der Waals surface area contributed by atoms with Gasteiger partial charge in [-0.2, -0.15) is 0 Å². The van der Waals surface area contributed by atoms with Gasteiger partial charge >= 0.3 is 0 Å². The summed E-state index contributed by atoms with van der Waals surface area (Å²) in [5.41, 5.74) is 0.936. The first kappa shape index (κ1) is 15.9. The van der Waals surface area contributed by atoms with Crippen LogP contribution in [0.15, 0.2) is 48.5 Å². The van der Waals surface area contributed by atoms with Crippen LogP contribution in [0.4, 0.5) is 14.5 Å². The Morgan fingerprint density at radius 1 is 0.870 bits per heavy atom. The van der Waals surface area contributed by atoms with E-state index >= 15 is 0 Å². The molecule has 0 aliphatic carbocycles. The number of anilines is 1. The summed E-state index contributed by atoms with van der Waals surface area (Å²) in [5.74, 6) is -0.600. The minimum Gasteiger partial charge on any atom is -0.387 e. The molecule has 2 aromatic carbocycles. The summed E-state index contributed by atoms with van der Waals surface area (Å²) in [6.07, 6.45) is -0.851. The second-order valence-electron chi connectivity index (χ2n) is 5.78. The molecule has 1 aliphatic rings. The molecule has 1 saturated heterocycles. The fourth-order valence-corrected chi connectivity index (χ4v) is 2.97. The van der Waals surface area contributed by atoms with E-state index in [1.54, 1.807) is 30.3 Å². The van der Waals surface area contributed by atoms with E-state index in [4.69, 9.17) is 0 Å². The zero-order valence-corrected chi connectivity index (χ0v) is 12.8. The maximum absolute atomic E-state index is 13.8. The number of aliphatic hydroxyl groups excluding tert-OH is 1. The van der Waals surface area contributed by atoms with Crippen molar-refractivity contribution in [2.45, 2.75) is 6.10 Å². The zero-order chi connectivity index (χ0) is 16.2. The largest absolute Gasteiger partial charge is 0.387 e. The highest BCUT2D eigenvalue weighted by Crippen LogP contribution is 2.22. The van der Waals surface area contributed by atoms with Crippen molar-refractivity contribution in [2.24, 2.45) is 0 Å². The van der Waals surface area contributed by atoms with Crippen LogP contribution in [0, 0.1) is 11.6 Å². The Morgan fingerprint density at radius 3 is 2.13 bits per heavy atom. The number of halogens is 2. The molecule has 1 N–H and O–H groups in total. The standard InChI is InChI=1S/C18H20F2N2O/c19-15-6-2-1-5-14(15)18(23)13-21-9-11-22(12-10-21)17-8-4-3-7-16(17)20/h1-8,18,23H,9-13H2/t18-/m1/s1. The Labute approximate surface area is 134 Å². The van der Waals surface area contributed by atoms with Crippen LogP contribution in [-0.4, -0.2) is 42.7 Å². The van der Waals surface area contributed by atoms with Gasteiger partial charge in [0.15, 0.2) is 0 Å². The van der Waals surface area contributed by atoms with E-state index in [-0.39, 0.29) is 11.6 Å². The van der Waals surface area contributed by atoms with Gasteiger partial charge < -0.3 is 10.0 Å². The number of piperazine rings is 1. The van der Waals surface area contributed by atoms with Gasteiger partial charge in [0.2, 0.25) is 0 Å². The van der Waals surface area contributed by atoms with E-state index in [0.29, 0.717) is 44.0 Å². The van der Waals surface area contributed by atoms with E-state index < -0.39 is 6.10 Å². The Morgan fingerprint density at radius 2 is 1.48 bits per heavy atom. The van der Waals surface area contributed by atoms with Crippen LogP contribution >= 0.6 is 0 Å². The van der Waals surface area contributed by atoms with Gasteiger partial charge in [0.25, 0.3) is 0 Å². The SMILES string of the molecule is O[C@H](CN1CCN(c2ccccc2F)CC1)c1ccccc1F. The monoisotopic (exact) mass is 318 g/mol. The fourth-order valence-electron chi connectivity index (χ4n) is 2.97. The molecule has 23 heavy (non-hydrogen) atoms. The van der Waals surface area contributed by atoms with Gasteiger partial charge in [0.1, 0.15) is 11.6 Å². The van der Waals surface area contributed by atoms with Crippen molar-refractivity contribution in [1.82, 2.24) is 4.90 Å². The molecule has 0 saturated carbocycles. The zero-order valence-electron chi connectivity index (χ0n) is 12.8. The normalized spacial score (nSPS) is 17.3. The molecule has 0 bridgehead atoms. The van der Waals surface area contributed by atoms with Crippen LogP contribution in [-0.2, 0) is 0 Å². The first-order valence-electron chi connectivity index (χ1n) is 7.79. The van der Waals surface area contributed by atoms with Crippen molar-refractivity contribution in [3.63, 3.8) is 0 Å². The molecule has 5 heteroatoms. The number of hydrogen-bond acceptors (Lipinski definition) is 3. The number of para-hydroxylation sites is 1. The molecular weight excluding hydrogens is 298 g/mol. The van der Waals surface area contributed by atoms with Crippen LogP contribution in [0.5, 0.6) is 0 Å². The molecule has 1 aliphatic heterocycles. The molecule has 1 heterocycles. The lowest BCUT2D eigenvalue weighted by molar-refractivity contribution is 0.106. The van der Waals surface area contributed by atoms with Gasteiger partial charge in [-0.25, -0.2) is 8.78 Å². The summed E-state index contributed by atoms with van der Waals surface area (Å²) in [6.45, 7) is 3.17. The first-order valence-corrected chi connectivity index (χ1v) is 7.79. The quantitative estimate of drug-likeness (QED) is 0.939. The van der Waals surface area contributed by atoms with Crippen LogP contribution in [0.25, 0.3) is 0 Å². The molecule has 1 fully saturated rings. The van der Waals surface area contributed by atoms with Crippen LogP contribution in [0.3, 0.4) is 0 Å². The Kier molecular flexibility index (Phi) is 4.88. The Bertz CT molecular complexity index is 657. The average Bonchev–Trinajstić information content (AvgIpc) is 2.56. The summed E-state index contributed by atoms with van der Waals surface area (Å²) < 4.78 is 27.5. The average molecular weight is 318 g/mol. The van der Waals surface area contributed by atoms with E-state index in [2.05, 4.69) is 4.90 Å². The highest BCUT2D eigenvalue weighted by molar-refractivity contribution is 5.48. The van der Waals surface area contributed by atoms with Gasteiger partial charge in [-0.1, -0.05) is 30.3 Å². The van der Waals surface area contributed by atoms with E-state index in [0.717, 1.165) is 0 Å². The summed E-state index contributed by atoms with van der Waals surface area (Å²) in [7, 11) is 0. The molecule has 0 aromatic heterocycles. The van der Waals surface area contributed by atoms with Crippen LogP contribution in [0.2, 0.25) is 0 Å². The van der Waals surface area contributed by atoms with Crippen LogP contribution in [0.1, 0.15) is 11.7 Å². The smallest absolute Gasteiger partial charge is 0.146 e. The molecule has 3 rings (SSSR count). The topological polar surface area (TPSA) is 26.7 Å². The fraction of sp³-hybridized carbons (Fsp3) is 0.333. The lowest BCUT2D eigenvalue weighted by Gasteiger charge is -2.37. The number of nitrogens with zero attached hydrogens (tertiary/aromatic N) is 2. The van der Waals surface area contributed by atoms with Gasteiger partial charge in [-0.3, -0.25) is 4.90 Å². The van der Waals surface area contributed by atoms with Crippen molar-refractivity contribution in [3.8, 4) is 0 Å². The first-order chi connectivity index (χ1) is 11.1. The molecule has 122 valence electrons. The molecule has 0 radical (unpaired) electrons. The molecular formula is C18H20F2N2O. The lowest BCUT2D eigenvalue weighted by Crippen LogP contribution is -2.47. The van der Waals surface area contributed by atoms with E-state index in [1.165, 1.54) is 12.1 Å². The van der Waals surface area contributed by atoms with Crippen molar-refractivity contribution in [1.29, 1.82) is 0 Å². The molecule has 1 atom stereocenters. The summed E-state index contributed by atoms with van der Waals surface area (Å²) >= 11 is 0. The Balaban J connectivity index is 1.57. The highest BCUT2D eigenvalue weighted by Gasteiger charge is 2.22. The second-order valence-corrected chi connectivity index (χ2v) is 5.78. The van der Waals surface area contributed by atoms with E-state index in [1.807, 2.05) is 11.0 Å². The third-order valence-corrected chi connectivity index (χ3v) is 4.26. The van der Waals surface area contributed by atoms with Gasteiger partial charge in [-0.05, 0) is 18.2 Å². The molecule has 0 spiro atoms. The minimum absolute atomic E-state index is 0.215. The summed E-state index contributed by atoms with van der Waals surface area (Å²) in [5, 5.41) is 10.2. The minimum atomic E-state index is -0.851. The number of benzene rings is 2. The number of β-amino-alcohol motifs (C(OH)–C–C–N with tert-alkyl or cyclic N) is 1. The van der Waals surface area contributed by atoms with Gasteiger partial charge in [0.05, 0.1) is 11.8 Å². The number of rotatable bonds is 4. The van der Waals surface area contributed by atoms with Crippen molar-refractivity contribution >= 4 is 5.69 Å². The Hall–Kier alpha value is -1.98. The van der Waals surface area contributed by atoms with Crippen molar-refractivity contribution in [2.75, 3.05) is 37.6 Å². The second kappa shape index (κ2) is 7.06. The predicted octanol–water partition coefficient (Wildman–Crippen LogP) is 2.82. The predicted molar refractivity (Wildman–Crippen MR) is 86.4 cm³/mol. The van der Waals surface area contributed by atoms with Crippen LogP contribution < -0.4 is 4.90 Å². The molecule has 0 unspecified atom stereocenters.